The molecule has 0 saturated heterocycles. The Hall–Kier alpha value is -2.60. The normalized spacial score (nSPS) is 11.1. The summed E-state index contributed by atoms with van der Waals surface area (Å²) in [6, 6.07) is 7.22. The van der Waals surface area contributed by atoms with Crippen LogP contribution >= 0.6 is 11.6 Å². The van der Waals surface area contributed by atoms with Crippen LogP contribution in [0.5, 0.6) is 0 Å². The van der Waals surface area contributed by atoms with Gasteiger partial charge in [0.2, 0.25) is 5.91 Å². The molecule has 7 heteroatoms. The number of hydrogen-bond acceptors (Lipinski definition) is 3. The molecule has 1 aromatic carbocycles. The fraction of sp³-hybridized carbons (Fsp3) is 0.316. The van der Waals surface area contributed by atoms with Crippen molar-refractivity contribution in [3.63, 3.8) is 0 Å². The number of halogens is 1. The summed E-state index contributed by atoms with van der Waals surface area (Å²) in [5, 5.41) is 10.3. The Kier molecular flexibility index (Phi) is 6.97. The van der Waals surface area contributed by atoms with Crippen molar-refractivity contribution in [1.29, 1.82) is 0 Å². The minimum absolute atomic E-state index is 0.201. The number of hydrogen-bond donors (Lipinski definition) is 2. The smallest absolute Gasteiger partial charge is 0.273 e. The van der Waals surface area contributed by atoms with Crippen molar-refractivity contribution < 1.29 is 9.59 Å². The molecule has 1 aromatic heterocycles. The molecule has 26 heavy (non-hydrogen) atoms. The lowest BCUT2D eigenvalue weighted by atomic mass is 10.2. The molecule has 0 atom stereocenters. The molecule has 2 amide bonds. The van der Waals surface area contributed by atoms with E-state index in [1.54, 1.807) is 23.0 Å². The zero-order valence-electron chi connectivity index (χ0n) is 15.1. The van der Waals surface area contributed by atoms with E-state index in [0.717, 1.165) is 5.56 Å². The average Bonchev–Trinajstić information content (AvgIpc) is 3.02. The van der Waals surface area contributed by atoms with E-state index in [0.29, 0.717) is 29.7 Å². The van der Waals surface area contributed by atoms with E-state index in [1.165, 1.54) is 6.08 Å². The van der Waals surface area contributed by atoms with E-state index < -0.39 is 0 Å². The van der Waals surface area contributed by atoms with Crippen molar-refractivity contribution in [2.75, 3.05) is 11.9 Å². The van der Waals surface area contributed by atoms with Gasteiger partial charge in [-0.2, -0.15) is 5.10 Å². The van der Waals surface area contributed by atoms with E-state index in [1.807, 2.05) is 39.0 Å². The number of carbonyl (C=O) groups is 2. The van der Waals surface area contributed by atoms with Crippen LogP contribution in [0.3, 0.4) is 0 Å². The second-order valence-corrected chi connectivity index (χ2v) is 6.60. The minimum atomic E-state index is -0.363. The second-order valence-electron chi connectivity index (χ2n) is 6.20. The highest BCUT2D eigenvalue weighted by molar-refractivity contribution is 6.32. The van der Waals surface area contributed by atoms with E-state index in [2.05, 4.69) is 15.7 Å². The maximum Gasteiger partial charge on any atom is 0.273 e. The summed E-state index contributed by atoms with van der Waals surface area (Å²) < 4.78 is 1.61. The zero-order chi connectivity index (χ0) is 19.1. The van der Waals surface area contributed by atoms with E-state index in [-0.39, 0.29) is 17.5 Å². The van der Waals surface area contributed by atoms with Gasteiger partial charge < -0.3 is 10.6 Å². The number of nitrogens with zero attached hydrogens (tertiary/aromatic N) is 2. The zero-order valence-corrected chi connectivity index (χ0v) is 15.9. The predicted octanol–water partition coefficient (Wildman–Crippen LogP) is 3.59. The van der Waals surface area contributed by atoms with Crippen molar-refractivity contribution in [3.05, 3.63) is 52.8 Å². The summed E-state index contributed by atoms with van der Waals surface area (Å²) in [6.45, 7) is 7.05. The lowest BCUT2D eigenvalue weighted by Gasteiger charge is -2.07. The van der Waals surface area contributed by atoms with Gasteiger partial charge in [-0.05, 0) is 30.5 Å². The van der Waals surface area contributed by atoms with Crippen LogP contribution in [0.1, 0.15) is 36.8 Å². The van der Waals surface area contributed by atoms with Crippen LogP contribution in [0.25, 0.3) is 6.08 Å². The Balaban J connectivity index is 2.12. The lowest BCUT2D eigenvalue weighted by molar-refractivity contribution is -0.111. The van der Waals surface area contributed by atoms with Crippen LogP contribution in [0.4, 0.5) is 5.69 Å². The second kappa shape index (κ2) is 9.20. The van der Waals surface area contributed by atoms with Crippen LogP contribution in [-0.2, 0) is 11.3 Å². The van der Waals surface area contributed by atoms with Gasteiger partial charge in [0.1, 0.15) is 0 Å². The largest absolute Gasteiger partial charge is 0.350 e. The van der Waals surface area contributed by atoms with Crippen LogP contribution in [-0.4, -0.2) is 28.1 Å². The molecule has 6 nitrogen and oxygen atoms in total. The van der Waals surface area contributed by atoms with Gasteiger partial charge >= 0.3 is 0 Å². The molecule has 0 saturated carbocycles. The van der Waals surface area contributed by atoms with Crippen LogP contribution in [0.15, 0.2) is 36.5 Å². The lowest BCUT2D eigenvalue weighted by Crippen LogP contribution is -2.28. The van der Waals surface area contributed by atoms with E-state index >= 15 is 0 Å². The maximum atomic E-state index is 12.3. The highest BCUT2D eigenvalue weighted by Gasteiger charge is 2.18. The van der Waals surface area contributed by atoms with Gasteiger partial charge in [0.05, 0.1) is 5.69 Å². The van der Waals surface area contributed by atoms with Crippen molar-refractivity contribution >= 4 is 35.2 Å². The van der Waals surface area contributed by atoms with Crippen LogP contribution in [0.2, 0.25) is 5.02 Å². The fourth-order valence-electron chi connectivity index (χ4n) is 2.17. The minimum Gasteiger partial charge on any atom is -0.350 e. The molecule has 2 aromatic rings. The summed E-state index contributed by atoms with van der Waals surface area (Å²) in [6.07, 6.45) is 4.65. The van der Waals surface area contributed by atoms with E-state index in [4.69, 9.17) is 11.6 Å². The number of amides is 2. The molecule has 2 rings (SSSR count). The molecule has 0 radical (unpaired) electrons. The summed E-state index contributed by atoms with van der Waals surface area (Å²) in [4.78, 5) is 24.6. The number of carbonyl (C=O) groups excluding carboxylic acids is 2. The van der Waals surface area contributed by atoms with Gasteiger partial charge in [0.25, 0.3) is 5.91 Å². The topological polar surface area (TPSA) is 76.0 Å². The molecule has 0 fully saturated rings. The Morgan fingerprint density at radius 2 is 2.04 bits per heavy atom. The molecule has 138 valence electrons. The molecule has 1 heterocycles. The Labute approximate surface area is 158 Å². The van der Waals surface area contributed by atoms with Gasteiger partial charge in [-0.25, -0.2) is 0 Å². The number of nitrogens with one attached hydrogen (secondary N) is 2. The monoisotopic (exact) mass is 374 g/mol. The van der Waals surface area contributed by atoms with Crippen LogP contribution in [0, 0.1) is 5.92 Å². The molecule has 0 spiro atoms. The summed E-state index contributed by atoms with van der Waals surface area (Å²) in [5.74, 6) is -0.349. The van der Waals surface area contributed by atoms with E-state index in [9.17, 15) is 9.59 Å². The number of aromatic nitrogens is 2. The first-order chi connectivity index (χ1) is 12.4. The standard InChI is InChI=1S/C19H23ClN4O2/c1-4-24-12-16(18(23-24)19(26)21-11-13(2)3)22-17(25)10-9-14-7-5-6-8-15(14)20/h5-10,12-13H,4,11H2,1-3H3,(H,21,26)(H,22,25)/b10-9+. The number of anilines is 1. The Morgan fingerprint density at radius 3 is 2.69 bits per heavy atom. The van der Waals surface area contributed by atoms with Crippen molar-refractivity contribution in [2.45, 2.75) is 27.3 Å². The Morgan fingerprint density at radius 1 is 1.31 bits per heavy atom. The molecule has 2 N–H and O–H groups in total. The summed E-state index contributed by atoms with van der Waals surface area (Å²) in [5.41, 5.74) is 1.32. The molecular formula is C19H23ClN4O2. The molecule has 0 aliphatic heterocycles. The molecule has 0 aliphatic rings. The number of rotatable bonds is 7. The molecule has 0 unspecified atom stereocenters. The highest BCUT2D eigenvalue weighted by Crippen LogP contribution is 2.17. The third kappa shape index (κ3) is 5.46. The number of benzene rings is 1. The Bertz CT molecular complexity index is 812. The molecule has 0 bridgehead atoms. The summed E-state index contributed by atoms with van der Waals surface area (Å²) in [7, 11) is 0. The summed E-state index contributed by atoms with van der Waals surface area (Å²) >= 11 is 6.07. The van der Waals surface area contributed by atoms with Crippen molar-refractivity contribution in [1.82, 2.24) is 15.1 Å². The third-order valence-electron chi connectivity index (χ3n) is 3.55. The first-order valence-electron chi connectivity index (χ1n) is 8.50. The maximum absolute atomic E-state index is 12.3. The molecular weight excluding hydrogens is 352 g/mol. The highest BCUT2D eigenvalue weighted by atomic mass is 35.5. The SMILES string of the molecule is CCn1cc(NC(=O)/C=C/c2ccccc2Cl)c(C(=O)NCC(C)C)n1. The first-order valence-corrected chi connectivity index (χ1v) is 8.87. The van der Waals surface area contributed by atoms with Gasteiger partial charge in [-0.1, -0.05) is 43.6 Å². The number of aryl methyl sites for hydroxylation is 1. The third-order valence-corrected chi connectivity index (χ3v) is 3.89. The van der Waals surface area contributed by atoms with Gasteiger partial charge in [0.15, 0.2) is 5.69 Å². The first kappa shape index (κ1) is 19.7. The predicted molar refractivity (Wildman–Crippen MR) is 104 cm³/mol. The average molecular weight is 375 g/mol. The quantitative estimate of drug-likeness (QED) is 0.727. The van der Waals surface area contributed by atoms with Crippen molar-refractivity contribution in [2.24, 2.45) is 5.92 Å². The van der Waals surface area contributed by atoms with Gasteiger partial charge in [-0.3, -0.25) is 14.3 Å². The fourth-order valence-corrected chi connectivity index (χ4v) is 2.37. The van der Waals surface area contributed by atoms with Crippen molar-refractivity contribution in [3.8, 4) is 0 Å². The van der Waals surface area contributed by atoms with Gasteiger partial charge in [-0.15, -0.1) is 0 Å². The molecule has 0 aliphatic carbocycles. The van der Waals surface area contributed by atoms with Crippen LogP contribution < -0.4 is 10.6 Å². The van der Waals surface area contributed by atoms with Gasteiger partial charge in [0, 0.05) is 30.4 Å².